The van der Waals surface area contributed by atoms with Crippen molar-refractivity contribution >= 4 is 0 Å². The Labute approximate surface area is 121 Å². The Morgan fingerprint density at radius 3 is 2.95 bits per heavy atom. The molecule has 0 fully saturated rings. The van der Waals surface area contributed by atoms with Crippen LogP contribution in [0.1, 0.15) is 48.5 Å². The molecule has 1 aromatic heterocycles. The molecule has 1 aliphatic carbocycles. The highest BCUT2D eigenvalue weighted by Crippen LogP contribution is 2.36. The predicted molar refractivity (Wildman–Crippen MR) is 81.8 cm³/mol. The number of nitrogens with one attached hydrogen (secondary N) is 1. The number of fused-ring (bicyclic) bond motifs is 1. The van der Waals surface area contributed by atoms with E-state index in [0.717, 1.165) is 6.54 Å². The summed E-state index contributed by atoms with van der Waals surface area (Å²) >= 11 is 0. The SMILES string of the molecule is CCNC1c2ccccc2CCCC1n1cc(C)cn1. The zero-order valence-corrected chi connectivity index (χ0v) is 12.3. The number of aromatic nitrogens is 2. The molecule has 20 heavy (non-hydrogen) atoms. The van der Waals surface area contributed by atoms with E-state index in [9.17, 15) is 0 Å². The van der Waals surface area contributed by atoms with E-state index in [1.807, 2.05) is 6.20 Å². The number of aryl methyl sites for hydroxylation is 2. The van der Waals surface area contributed by atoms with Gasteiger partial charge in [0.05, 0.1) is 18.3 Å². The summed E-state index contributed by atoms with van der Waals surface area (Å²) in [6, 6.07) is 9.62. The predicted octanol–water partition coefficient (Wildman–Crippen LogP) is 3.42. The lowest BCUT2D eigenvalue weighted by molar-refractivity contribution is 0.319. The number of likely N-dealkylation sites (N-methyl/N-ethyl adjacent to an activating group) is 1. The van der Waals surface area contributed by atoms with Gasteiger partial charge in [0, 0.05) is 6.20 Å². The molecule has 3 rings (SSSR count). The van der Waals surface area contributed by atoms with Crippen molar-refractivity contribution in [3.8, 4) is 0 Å². The quantitative estimate of drug-likeness (QED) is 0.865. The third-order valence-corrected chi connectivity index (χ3v) is 4.22. The number of rotatable bonds is 3. The van der Waals surface area contributed by atoms with E-state index in [4.69, 9.17) is 0 Å². The Balaban J connectivity index is 2.01. The molecule has 1 aromatic carbocycles. The van der Waals surface area contributed by atoms with Crippen LogP contribution in [0, 0.1) is 6.92 Å². The van der Waals surface area contributed by atoms with Gasteiger partial charge in [0.15, 0.2) is 0 Å². The van der Waals surface area contributed by atoms with Gasteiger partial charge < -0.3 is 5.32 Å². The molecule has 0 saturated carbocycles. The Hall–Kier alpha value is -1.61. The molecule has 2 unspecified atom stereocenters. The molecule has 2 atom stereocenters. The van der Waals surface area contributed by atoms with Crippen LogP contribution in [-0.4, -0.2) is 16.3 Å². The third-order valence-electron chi connectivity index (χ3n) is 4.22. The molecule has 0 amide bonds. The van der Waals surface area contributed by atoms with E-state index in [1.54, 1.807) is 0 Å². The molecule has 1 aliphatic rings. The molecule has 3 nitrogen and oxygen atoms in total. The summed E-state index contributed by atoms with van der Waals surface area (Å²) in [6.07, 6.45) is 7.70. The maximum absolute atomic E-state index is 4.56. The molecule has 0 radical (unpaired) electrons. The van der Waals surface area contributed by atoms with E-state index in [0.29, 0.717) is 12.1 Å². The van der Waals surface area contributed by atoms with Crippen LogP contribution in [-0.2, 0) is 6.42 Å². The first-order valence-electron chi connectivity index (χ1n) is 7.61. The van der Waals surface area contributed by atoms with Gasteiger partial charge in [0.2, 0.25) is 0 Å². The fraction of sp³-hybridized carbons (Fsp3) is 0.471. The van der Waals surface area contributed by atoms with Crippen molar-refractivity contribution in [1.82, 2.24) is 15.1 Å². The highest BCUT2D eigenvalue weighted by atomic mass is 15.3. The van der Waals surface area contributed by atoms with Crippen LogP contribution in [0.5, 0.6) is 0 Å². The minimum Gasteiger partial charge on any atom is -0.308 e. The van der Waals surface area contributed by atoms with Gasteiger partial charge in [-0.3, -0.25) is 4.68 Å². The Bertz CT molecular complexity index is 573. The first-order chi connectivity index (χ1) is 9.79. The van der Waals surface area contributed by atoms with E-state index in [1.165, 1.54) is 36.0 Å². The fourth-order valence-electron chi connectivity index (χ4n) is 3.31. The molecule has 0 spiro atoms. The fourth-order valence-corrected chi connectivity index (χ4v) is 3.31. The van der Waals surface area contributed by atoms with Gasteiger partial charge in [-0.25, -0.2) is 0 Å². The van der Waals surface area contributed by atoms with Gasteiger partial charge >= 0.3 is 0 Å². The average Bonchev–Trinajstić information content (AvgIpc) is 2.80. The van der Waals surface area contributed by atoms with Crippen molar-refractivity contribution in [2.24, 2.45) is 0 Å². The van der Waals surface area contributed by atoms with Crippen molar-refractivity contribution in [3.05, 3.63) is 53.3 Å². The van der Waals surface area contributed by atoms with Gasteiger partial charge in [-0.2, -0.15) is 5.10 Å². The van der Waals surface area contributed by atoms with Gasteiger partial charge in [-0.1, -0.05) is 31.2 Å². The lowest BCUT2D eigenvalue weighted by Gasteiger charge is -2.27. The van der Waals surface area contributed by atoms with Crippen LogP contribution in [0.3, 0.4) is 0 Å². The summed E-state index contributed by atoms with van der Waals surface area (Å²) < 4.78 is 2.16. The van der Waals surface area contributed by atoms with Crippen molar-refractivity contribution in [2.45, 2.75) is 45.2 Å². The zero-order valence-electron chi connectivity index (χ0n) is 12.3. The molecule has 0 aliphatic heterocycles. The number of benzene rings is 1. The van der Waals surface area contributed by atoms with Crippen LogP contribution in [0.15, 0.2) is 36.7 Å². The van der Waals surface area contributed by atoms with Gasteiger partial charge in [-0.05, 0) is 49.4 Å². The Kier molecular flexibility index (Phi) is 3.88. The van der Waals surface area contributed by atoms with Crippen molar-refractivity contribution in [1.29, 1.82) is 0 Å². The molecule has 0 saturated heterocycles. The second-order valence-corrected chi connectivity index (χ2v) is 5.69. The lowest BCUT2D eigenvalue weighted by Crippen LogP contribution is -2.30. The Morgan fingerprint density at radius 2 is 2.20 bits per heavy atom. The molecular weight excluding hydrogens is 246 g/mol. The Morgan fingerprint density at radius 1 is 1.35 bits per heavy atom. The molecule has 1 heterocycles. The van der Waals surface area contributed by atoms with Crippen molar-refractivity contribution < 1.29 is 0 Å². The smallest absolute Gasteiger partial charge is 0.0714 e. The van der Waals surface area contributed by atoms with E-state index < -0.39 is 0 Å². The third kappa shape index (κ3) is 2.50. The van der Waals surface area contributed by atoms with E-state index in [-0.39, 0.29) is 0 Å². The second kappa shape index (κ2) is 5.80. The van der Waals surface area contributed by atoms with Gasteiger partial charge in [0.1, 0.15) is 0 Å². The first-order valence-corrected chi connectivity index (χ1v) is 7.61. The summed E-state index contributed by atoms with van der Waals surface area (Å²) in [4.78, 5) is 0. The minimum atomic E-state index is 0.359. The highest BCUT2D eigenvalue weighted by molar-refractivity contribution is 5.32. The highest BCUT2D eigenvalue weighted by Gasteiger charge is 2.28. The second-order valence-electron chi connectivity index (χ2n) is 5.69. The van der Waals surface area contributed by atoms with Gasteiger partial charge in [0.25, 0.3) is 0 Å². The minimum absolute atomic E-state index is 0.359. The molecule has 106 valence electrons. The lowest BCUT2D eigenvalue weighted by atomic mass is 9.96. The number of hydrogen-bond donors (Lipinski definition) is 1. The topological polar surface area (TPSA) is 29.9 Å². The summed E-state index contributed by atoms with van der Waals surface area (Å²) in [5.74, 6) is 0. The maximum Gasteiger partial charge on any atom is 0.0714 e. The number of nitrogens with zero attached hydrogens (tertiary/aromatic N) is 2. The monoisotopic (exact) mass is 269 g/mol. The number of hydrogen-bond acceptors (Lipinski definition) is 2. The maximum atomic E-state index is 4.56. The van der Waals surface area contributed by atoms with Crippen LogP contribution >= 0.6 is 0 Å². The van der Waals surface area contributed by atoms with Crippen molar-refractivity contribution in [2.75, 3.05) is 6.54 Å². The summed E-state index contributed by atoms with van der Waals surface area (Å²) in [7, 11) is 0. The molecule has 1 N–H and O–H groups in total. The summed E-state index contributed by atoms with van der Waals surface area (Å²) in [5.41, 5.74) is 4.17. The molecule has 3 heteroatoms. The summed E-state index contributed by atoms with van der Waals surface area (Å²) in [6.45, 7) is 5.27. The van der Waals surface area contributed by atoms with E-state index in [2.05, 4.69) is 59.4 Å². The van der Waals surface area contributed by atoms with Crippen LogP contribution in [0.4, 0.5) is 0 Å². The molecule has 2 aromatic rings. The van der Waals surface area contributed by atoms with Crippen LogP contribution in [0.25, 0.3) is 0 Å². The standard InChI is InChI=1S/C17H23N3/c1-3-18-17-15-9-5-4-7-14(15)8-6-10-16(17)20-12-13(2)11-19-20/h4-5,7,9,11-12,16-18H,3,6,8,10H2,1-2H3. The van der Waals surface area contributed by atoms with Crippen LogP contribution in [0.2, 0.25) is 0 Å². The zero-order chi connectivity index (χ0) is 13.9. The molecular formula is C17H23N3. The van der Waals surface area contributed by atoms with Crippen LogP contribution < -0.4 is 5.32 Å². The van der Waals surface area contributed by atoms with Gasteiger partial charge in [-0.15, -0.1) is 0 Å². The first kappa shape index (κ1) is 13.4. The van der Waals surface area contributed by atoms with E-state index >= 15 is 0 Å². The summed E-state index contributed by atoms with van der Waals surface area (Å²) in [5, 5.41) is 8.24. The normalized spacial score (nSPS) is 22.3. The largest absolute Gasteiger partial charge is 0.308 e. The average molecular weight is 269 g/mol. The van der Waals surface area contributed by atoms with Crippen molar-refractivity contribution in [3.63, 3.8) is 0 Å². The molecule has 0 bridgehead atoms.